The molecule has 2 rings (SSSR count). The molecule has 0 unspecified atom stereocenters. The average molecular weight is 287 g/mol. The second-order valence-electron chi connectivity index (χ2n) is 3.39. The van der Waals surface area contributed by atoms with Crippen molar-refractivity contribution in [3.63, 3.8) is 0 Å². The van der Waals surface area contributed by atoms with Gasteiger partial charge in [-0.05, 0) is 24.3 Å². The molecular weight excluding hydrogens is 279 g/mol. The molecule has 1 aromatic carbocycles. The van der Waals surface area contributed by atoms with Crippen LogP contribution in [0.4, 0.5) is 0 Å². The Morgan fingerprint density at radius 1 is 1.29 bits per heavy atom. The summed E-state index contributed by atoms with van der Waals surface area (Å²) >= 11 is 16.0. The first-order valence-corrected chi connectivity index (χ1v) is 6.15. The number of aromatic nitrogens is 2. The van der Waals surface area contributed by atoms with E-state index in [4.69, 9.17) is 23.2 Å². The Labute approximate surface area is 113 Å². The molecule has 0 spiro atoms. The van der Waals surface area contributed by atoms with Gasteiger partial charge >= 0.3 is 0 Å². The lowest BCUT2D eigenvalue weighted by Gasteiger charge is -2.04. The van der Waals surface area contributed by atoms with Crippen LogP contribution in [-0.2, 0) is 5.75 Å². The van der Waals surface area contributed by atoms with E-state index in [1.54, 1.807) is 24.3 Å². The number of H-pyrrole nitrogens is 1. The van der Waals surface area contributed by atoms with Crippen LogP contribution < -0.4 is 5.56 Å². The maximum absolute atomic E-state index is 11.4. The van der Waals surface area contributed by atoms with Crippen molar-refractivity contribution in [2.45, 2.75) is 5.75 Å². The molecule has 2 aromatic rings. The van der Waals surface area contributed by atoms with Gasteiger partial charge in [0.05, 0.1) is 10.7 Å². The number of hydrogen-bond acceptors (Lipinski definition) is 3. The third kappa shape index (κ3) is 2.65. The lowest BCUT2D eigenvalue weighted by Crippen LogP contribution is -2.13. The van der Waals surface area contributed by atoms with Crippen molar-refractivity contribution < 1.29 is 0 Å². The highest BCUT2D eigenvalue weighted by Crippen LogP contribution is 2.28. The average Bonchev–Trinajstić information content (AvgIpc) is 2.30. The summed E-state index contributed by atoms with van der Waals surface area (Å²) in [5.74, 6) is 0.343. The van der Waals surface area contributed by atoms with E-state index in [-0.39, 0.29) is 5.56 Å². The SMILES string of the molecule is O=c1[nH]nc(-c2ccc(Cl)cc2Cl)cc1CS. The molecule has 6 heteroatoms. The Hall–Kier alpha value is -0.970. The summed E-state index contributed by atoms with van der Waals surface area (Å²) in [6, 6.07) is 6.77. The fourth-order valence-corrected chi connectivity index (χ4v) is 2.14. The van der Waals surface area contributed by atoms with Crippen LogP contribution in [0, 0.1) is 0 Å². The summed E-state index contributed by atoms with van der Waals surface area (Å²) in [5.41, 5.74) is 1.61. The summed E-state index contributed by atoms with van der Waals surface area (Å²) in [6.07, 6.45) is 0. The number of benzene rings is 1. The van der Waals surface area contributed by atoms with Crippen molar-refractivity contribution in [2.75, 3.05) is 0 Å². The number of nitrogens with one attached hydrogen (secondary N) is 1. The molecule has 1 N–H and O–H groups in total. The smallest absolute Gasteiger partial charge is 0.268 e. The molecular formula is C11H8Cl2N2OS. The van der Waals surface area contributed by atoms with Crippen molar-refractivity contribution in [1.82, 2.24) is 10.2 Å². The van der Waals surface area contributed by atoms with Gasteiger partial charge in [-0.1, -0.05) is 23.2 Å². The molecule has 0 fully saturated rings. The third-order valence-electron chi connectivity index (χ3n) is 2.26. The van der Waals surface area contributed by atoms with Crippen LogP contribution >= 0.6 is 35.8 Å². The van der Waals surface area contributed by atoms with Crippen LogP contribution in [0.25, 0.3) is 11.3 Å². The number of aromatic amines is 1. The van der Waals surface area contributed by atoms with Gasteiger partial charge in [-0.25, -0.2) is 5.10 Å². The lowest BCUT2D eigenvalue weighted by atomic mass is 10.1. The molecule has 17 heavy (non-hydrogen) atoms. The first kappa shape index (κ1) is 12.5. The summed E-state index contributed by atoms with van der Waals surface area (Å²) in [5, 5.41) is 7.40. The number of hydrogen-bond donors (Lipinski definition) is 2. The number of rotatable bonds is 2. The maximum Gasteiger partial charge on any atom is 0.268 e. The Morgan fingerprint density at radius 2 is 2.06 bits per heavy atom. The molecule has 0 amide bonds. The van der Waals surface area contributed by atoms with Crippen LogP contribution in [-0.4, -0.2) is 10.2 Å². The van der Waals surface area contributed by atoms with E-state index in [9.17, 15) is 4.79 Å². The topological polar surface area (TPSA) is 45.8 Å². The lowest BCUT2D eigenvalue weighted by molar-refractivity contribution is 0.973. The highest BCUT2D eigenvalue weighted by molar-refractivity contribution is 7.79. The van der Waals surface area contributed by atoms with Gasteiger partial charge in [0.25, 0.3) is 5.56 Å². The van der Waals surface area contributed by atoms with Crippen LogP contribution in [0.1, 0.15) is 5.56 Å². The molecule has 1 heterocycles. The predicted molar refractivity (Wildman–Crippen MR) is 73.0 cm³/mol. The number of halogens is 2. The molecule has 0 aliphatic rings. The quantitative estimate of drug-likeness (QED) is 0.833. The van der Waals surface area contributed by atoms with Crippen molar-refractivity contribution in [1.29, 1.82) is 0 Å². The molecule has 0 saturated carbocycles. The van der Waals surface area contributed by atoms with Crippen LogP contribution in [0.3, 0.4) is 0 Å². The second-order valence-corrected chi connectivity index (χ2v) is 4.55. The second kappa shape index (κ2) is 5.12. The summed E-state index contributed by atoms with van der Waals surface area (Å²) < 4.78 is 0. The molecule has 3 nitrogen and oxygen atoms in total. The molecule has 0 atom stereocenters. The first-order valence-electron chi connectivity index (χ1n) is 4.76. The fourth-order valence-electron chi connectivity index (χ4n) is 1.40. The maximum atomic E-state index is 11.4. The number of thiol groups is 1. The van der Waals surface area contributed by atoms with Gasteiger partial charge in [-0.2, -0.15) is 17.7 Å². The van der Waals surface area contributed by atoms with Gasteiger partial charge in [0.15, 0.2) is 0 Å². The van der Waals surface area contributed by atoms with Crippen molar-refractivity contribution in [3.8, 4) is 11.3 Å². The van der Waals surface area contributed by atoms with E-state index in [2.05, 4.69) is 22.8 Å². The van der Waals surface area contributed by atoms with Crippen molar-refractivity contribution >= 4 is 35.8 Å². The molecule has 88 valence electrons. The normalized spacial score (nSPS) is 10.5. The standard InChI is InChI=1S/C11H8Cl2N2OS/c12-7-1-2-8(9(13)4-7)10-3-6(5-17)11(16)15-14-10/h1-4,17H,5H2,(H,15,16). The van der Waals surface area contributed by atoms with Crippen LogP contribution in [0.2, 0.25) is 10.0 Å². The van der Waals surface area contributed by atoms with E-state index in [1.165, 1.54) is 0 Å². The summed E-state index contributed by atoms with van der Waals surface area (Å²) in [7, 11) is 0. The molecule has 0 saturated heterocycles. The highest BCUT2D eigenvalue weighted by atomic mass is 35.5. The van der Waals surface area contributed by atoms with Gasteiger partial charge in [0, 0.05) is 21.9 Å². The molecule has 1 aromatic heterocycles. The highest BCUT2D eigenvalue weighted by Gasteiger charge is 2.08. The Balaban J connectivity index is 2.57. The van der Waals surface area contributed by atoms with E-state index >= 15 is 0 Å². The number of nitrogens with zero attached hydrogens (tertiary/aromatic N) is 1. The predicted octanol–water partition coefficient (Wildman–Crippen LogP) is 3.17. The van der Waals surface area contributed by atoms with Gasteiger partial charge in [-0.3, -0.25) is 4.79 Å². The first-order chi connectivity index (χ1) is 8.11. The van der Waals surface area contributed by atoms with Gasteiger partial charge in [-0.15, -0.1) is 0 Å². The van der Waals surface area contributed by atoms with Crippen molar-refractivity contribution in [2.24, 2.45) is 0 Å². The van der Waals surface area contributed by atoms with Gasteiger partial charge in [0.1, 0.15) is 0 Å². The van der Waals surface area contributed by atoms with E-state index in [0.29, 0.717) is 27.1 Å². The van der Waals surface area contributed by atoms with E-state index < -0.39 is 0 Å². The Kier molecular flexibility index (Phi) is 3.76. The zero-order valence-electron chi connectivity index (χ0n) is 8.58. The van der Waals surface area contributed by atoms with Crippen LogP contribution in [0.15, 0.2) is 29.1 Å². The summed E-state index contributed by atoms with van der Waals surface area (Å²) in [6.45, 7) is 0. The van der Waals surface area contributed by atoms with E-state index in [1.807, 2.05) is 0 Å². The van der Waals surface area contributed by atoms with Crippen molar-refractivity contribution in [3.05, 3.63) is 50.2 Å². The largest absolute Gasteiger partial charge is 0.268 e. The molecule has 0 radical (unpaired) electrons. The Morgan fingerprint density at radius 3 is 2.71 bits per heavy atom. The molecule has 0 aliphatic carbocycles. The zero-order chi connectivity index (χ0) is 12.4. The van der Waals surface area contributed by atoms with Gasteiger partial charge < -0.3 is 0 Å². The monoisotopic (exact) mass is 286 g/mol. The zero-order valence-corrected chi connectivity index (χ0v) is 11.0. The molecule has 0 aliphatic heterocycles. The summed E-state index contributed by atoms with van der Waals surface area (Å²) in [4.78, 5) is 11.4. The minimum absolute atomic E-state index is 0.242. The Bertz CT molecular complexity index is 613. The van der Waals surface area contributed by atoms with Crippen LogP contribution in [0.5, 0.6) is 0 Å². The minimum Gasteiger partial charge on any atom is -0.268 e. The van der Waals surface area contributed by atoms with Gasteiger partial charge in [0.2, 0.25) is 0 Å². The minimum atomic E-state index is -0.242. The fraction of sp³-hybridized carbons (Fsp3) is 0.0909. The third-order valence-corrected chi connectivity index (χ3v) is 3.15. The van der Waals surface area contributed by atoms with E-state index in [0.717, 1.165) is 5.56 Å². The molecule has 0 bridgehead atoms.